The lowest BCUT2D eigenvalue weighted by atomic mass is 10.0. The summed E-state index contributed by atoms with van der Waals surface area (Å²) in [6.07, 6.45) is 12.2. The molecule has 8 aromatic heterocycles. The molecule has 70 heavy (non-hydrogen) atoms. The molecule has 0 unspecified atom stereocenters. The molecule has 0 saturated heterocycles. The Morgan fingerprint density at radius 1 is 0.614 bits per heavy atom. The van der Waals surface area contributed by atoms with Gasteiger partial charge >= 0.3 is 5.97 Å². The van der Waals surface area contributed by atoms with Crippen LogP contribution in [0.15, 0.2) is 146 Å². The molecule has 0 aliphatic carbocycles. The third-order valence-electron chi connectivity index (χ3n) is 10.9. The van der Waals surface area contributed by atoms with Gasteiger partial charge in [-0.25, -0.2) is 33.5 Å². The molecule has 18 heteroatoms. The van der Waals surface area contributed by atoms with E-state index in [4.69, 9.17) is 34.1 Å². The summed E-state index contributed by atoms with van der Waals surface area (Å²) < 4.78 is 6.87. The number of pyridine rings is 4. The number of aliphatic carboxylic acids is 1. The summed E-state index contributed by atoms with van der Waals surface area (Å²) >= 11 is 0. The van der Waals surface area contributed by atoms with E-state index in [1.807, 2.05) is 128 Å². The second-order valence-electron chi connectivity index (χ2n) is 15.8. The maximum absolute atomic E-state index is 11.5. The zero-order valence-corrected chi connectivity index (χ0v) is 37.5. The van der Waals surface area contributed by atoms with E-state index < -0.39 is 11.9 Å². The van der Waals surface area contributed by atoms with Crippen LogP contribution in [0.25, 0.3) is 78.2 Å². The first-order valence-electron chi connectivity index (χ1n) is 21.5. The highest BCUT2D eigenvalue weighted by molar-refractivity contribution is 5.93. The SMILES string of the molecule is [C-]#[N+]c1cccc(Cn2cc(-c3ccc4ncnn4c3/C=C/C(=O)O)c(-c3cccc(C)n3)n2)c1.[C-]#[N+]c1cccc(Cn2cc(-c3ccc4ncnn4c3/C=C/C(N)=O)c(-c3cccc(C)n3)n2)c1. The normalized spacial score (nSPS) is 11.2. The Labute approximate surface area is 399 Å². The molecule has 0 spiro atoms. The van der Waals surface area contributed by atoms with Gasteiger partial charge in [0.1, 0.15) is 24.0 Å². The number of primary amides is 1. The van der Waals surface area contributed by atoms with Crippen LogP contribution in [0.3, 0.4) is 0 Å². The molecule has 3 N–H and O–H groups in total. The van der Waals surface area contributed by atoms with Crippen molar-refractivity contribution < 1.29 is 14.7 Å². The van der Waals surface area contributed by atoms with Crippen LogP contribution in [0.5, 0.6) is 0 Å². The van der Waals surface area contributed by atoms with Crippen LogP contribution >= 0.6 is 0 Å². The number of carbonyl (C=O) groups excluding carboxylic acids is 1. The van der Waals surface area contributed by atoms with Crippen molar-refractivity contribution in [1.29, 1.82) is 0 Å². The fourth-order valence-corrected chi connectivity index (χ4v) is 7.85. The molecule has 0 aliphatic rings. The van der Waals surface area contributed by atoms with E-state index >= 15 is 0 Å². The van der Waals surface area contributed by atoms with Crippen LogP contribution in [0.2, 0.25) is 0 Å². The van der Waals surface area contributed by atoms with Crippen LogP contribution in [0.1, 0.15) is 33.9 Å². The molecule has 18 nitrogen and oxygen atoms in total. The summed E-state index contributed by atoms with van der Waals surface area (Å²) in [6, 6.07) is 33.8. The molecule has 0 radical (unpaired) electrons. The largest absolute Gasteiger partial charge is 0.478 e. The van der Waals surface area contributed by atoms with Crippen LogP contribution in [-0.2, 0) is 22.7 Å². The van der Waals surface area contributed by atoms with Gasteiger partial charge in [0.05, 0.1) is 49.0 Å². The first kappa shape index (κ1) is 45.0. The summed E-state index contributed by atoms with van der Waals surface area (Å²) in [5, 5.41) is 27.6. The van der Waals surface area contributed by atoms with Gasteiger partial charge < -0.3 is 10.8 Å². The minimum atomic E-state index is -1.07. The number of fused-ring (bicyclic) bond motifs is 2. The maximum Gasteiger partial charge on any atom is 0.328 e. The van der Waals surface area contributed by atoms with Gasteiger partial charge in [0.25, 0.3) is 0 Å². The molecule has 340 valence electrons. The van der Waals surface area contributed by atoms with Gasteiger partial charge in [0.15, 0.2) is 22.7 Å². The highest BCUT2D eigenvalue weighted by Gasteiger charge is 2.21. The van der Waals surface area contributed by atoms with E-state index in [0.29, 0.717) is 64.2 Å². The van der Waals surface area contributed by atoms with Crippen molar-refractivity contribution in [3.63, 3.8) is 0 Å². The Morgan fingerprint density at radius 2 is 1.07 bits per heavy atom. The second kappa shape index (κ2) is 19.7. The monoisotopic (exact) mass is 921 g/mol. The molecule has 10 rings (SSSR count). The molecular weight excluding hydrogens is 883 g/mol. The zero-order chi connectivity index (χ0) is 48.7. The van der Waals surface area contributed by atoms with Crippen molar-refractivity contribution in [2.24, 2.45) is 5.73 Å². The van der Waals surface area contributed by atoms with Gasteiger partial charge in [-0.3, -0.25) is 24.1 Å². The van der Waals surface area contributed by atoms with Crippen LogP contribution in [0.4, 0.5) is 11.4 Å². The first-order chi connectivity index (χ1) is 34.0. The summed E-state index contributed by atoms with van der Waals surface area (Å²) in [4.78, 5) is 47.7. The molecule has 0 saturated carbocycles. The third kappa shape index (κ3) is 9.82. The molecule has 1 amide bonds. The van der Waals surface area contributed by atoms with Crippen LogP contribution in [-0.4, -0.2) is 75.7 Å². The molecule has 0 aliphatic heterocycles. The average molecular weight is 922 g/mol. The molecule has 0 atom stereocenters. The van der Waals surface area contributed by atoms with E-state index in [0.717, 1.165) is 56.5 Å². The van der Waals surface area contributed by atoms with Gasteiger partial charge in [-0.05, 0) is 85.7 Å². The van der Waals surface area contributed by atoms with Crippen molar-refractivity contribution in [2.45, 2.75) is 26.9 Å². The summed E-state index contributed by atoms with van der Waals surface area (Å²) in [7, 11) is 0. The Balaban J connectivity index is 0.000000174. The molecule has 10 aromatic rings. The van der Waals surface area contributed by atoms with Crippen molar-refractivity contribution >= 4 is 46.7 Å². The number of carbonyl (C=O) groups is 2. The summed E-state index contributed by atoms with van der Waals surface area (Å²) in [5.41, 5.74) is 18.4. The molecule has 0 bridgehead atoms. The standard InChI is InChI=1S/C26H20N8O.C26H19N7O2/c1-17-5-3-8-22(31-17)26-21(15-33(32-26)14-18-6-4-7-19(13-18)28-2)20-9-12-25-29-16-30-34(25)23(20)10-11-24(27)35;1-17-5-3-8-22(30-17)26-21(15-32(31-26)14-18-6-4-7-19(13-18)27-2)20-9-11-24-28-16-29-33(24)23(20)10-12-25(34)35/h3-13,15-16H,14H2,1H3,(H2,27,35);3-13,15-16H,14H2,1H3,(H,34,35)/b11-10+;12-10+. The lowest BCUT2D eigenvalue weighted by Gasteiger charge is -2.08. The summed E-state index contributed by atoms with van der Waals surface area (Å²) in [5.74, 6) is -1.63. The van der Waals surface area contributed by atoms with E-state index in [-0.39, 0.29) is 0 Å². The maximum atomic E-state index is 11.5. The highest BCUT2D eigenvalue weighted by Crippen LogP contribution is 2.36. The number of hydrogen-bond acceptors (Lipinski definition) is 10. The Morgan fingerprint density at radius 3 is 1.50 bits per heavy atom. The van der Waals surface area contributed by atoms with Crippen molar-refractivity contribution in [2.75, 3.05) is 0 Å². The molecule has 2 aromatic carbocycles. The molecule has 8 heterocycles. The van der Waals surface area contributed by atoms with Gasteiger partial charge in [0.2, 0.25) is 5.91 Å². The predicted molar refractivity (Wildman–Crippen MR) is 263 cm³/mol. The van der Waals surface area contributed by atoms with E-state index in [9.17, 15) is 14.7 Å². The topological polar surface area (TPSA) is 211 Å². The Kier molecular flexibility index (Phi) is 12.7. The van der Waals surface area contributed by atoms with E-state index in [1.165, 1.54) is 24.8 Å². The lowest BCUT2D eigenvalue weighted by molar-refractivity contribution is -0.131. The number of carboxylic acids is 1. The van der Waals surface area contributed by atoms with Crippen molar-refractivity contribution in [3.8, 4) is 45.0 Å². The first-order valence-corrected chi connectivity index (χ1v) is 21.5. The fraction of sp³-hybridized carbons (Fsp3) is 0.0769. The number of rotatable bonds is 12. The van der Waals surface area contributed by atoms with Crippen LogP contribution < -0.4 is 5.73 Å². The number of aryl methyl sites for hydroxylation is 2. The van der Waals surface area contributed by atoms with Crippen LogP contribution in [0, 0.1) is 27.0 Å². The highest BCUT2D eigenvalue weighted by atomic mass is 16.4. The minimum absolute atomic E-state index is 0.452. The number of amides is 1. The van der Waals surface area contributed by atoms with Gasteiger partial charge in [-0.15, -0.1) is 0 Å². The predicted octanol–water partition coefficient (Wildman–Crippen LogP) is 8.72. The quantitative estimate of drug-likeness (QED) is 0.0874. The lowest BCUT2D eigenvalue weighted by Crippen LogP contribution is -2.06. The molecular formula is C52H39N15O3. The van der Waals surface area contributed by atoms with Gasteiger partial charge in [-0.2, -0.15) is 20.4 Å². The Hall–Kier alpha value is -10.2. The van der Waals surface area contributed by atoms with Crippen molar-refractivity contribution in [3.05, 3.63) is 203 Å². The van der Waals surface area contributed by atoms with Crippen molar-refractivity contribution in [1.82, 2.24) is 58.7 Å². The third-order valence-corrected chi connectivity index (χ3v) is 10.9. The number of nitrogens with two attached hydrogens (primary N) is 1. The van der Waals surface area contributed by atoms with E-state index in [1.54, 1.807) is 31.9 Å². The Bertz CT molecular complexity index is 3520. The number of carboxylic acid groups (broad SMARTS) is 1. The minimum Gasteiger partial charge on any atom is -0.478 e. The van der Waals surface area contributed by atoms with Gasteiger partial charge in [-0.1, -0.05) is 60.7 Å². The average Bonchev–Trinajstić information content (AvgIpc) is 4.20. The number of benzene rings is 2. The zero-order valence-electron chi connectivity index (χ0n) is 37.5. The smallest absolute Gasteiger partial charge is 0.328 e. The number of hydrogen-bond donors (Lipinski definition) is 2. The van der Waals surface area contributed by atoms with E-state index in [2.05, 4.69) is 34.8 Å². The van der Waals surface area contributed by atoms with Gasteiger partial charge in [0, 0.05) is 58.2 Å². The molecule has 0 fully saturated rings. The number of nitrogens with zero attached hydrogens (tertiary/aromatic N) is 14. The second-order valence-corrected chi connectivity index (χ2v) is 15.8. The summed E-state index contributed by atoms with van der Waals surface area (Å²) in [6.45, 7) is 19.3. The number of aromatic nitrogens is 12. The fourth-order valence-electron chi connectivity index (χ4n) is 7.85.